The van der Waals surface area contributed by atoms with Crippen LogP contribution in [0.4, 0.5) is 0 Å². The largest absolute Gasteiger partial charge is 0.0654 e. The van der Waals surface area contributed by atoms with E-state index in [2.05, 4.69) is 13.8 Å². The van der Waals surface area contributed by atoms with E-state index < -0.39 is 0 Å². The van der Waals surface area contributed by atoms with Gasteiger partial charge in [0.15, 0.2) is 0 Å². The Morgan fingerprint density at radius 2 is 1.25 bits per heavy atom. The molecular formula is C12H24. The number of hydrogen-bond acceptors (Lipinski definition) is 0. The fraction of sp³-hybridized carbons (Fsp3) is 1.00. The highest BCUT2D eigenvalue weighted by molar-refractivity contribution is 4.78. The molecule has 0 heteroatoms. The van der Waals surface area contributed by atoms with Crippen LogP contribution in [0.2, 0.25) is 0 Å². The highest BCUT2D eigenvalue weighted by Gasteiger charge is 2.27. The van der Waals surface area contributed by atoms with Gasteiger partial charge in [0.1, 0.15) is 0 Å². The molecule has 0 aromatic rings. The Morgan fingerprint density at radius 3 is 1.58 bits per heavy atom. The van der Waals surface area contributed by atoms with Gasteiger partial charge in [-0.25, -0.2) is 0 Å². The monoisotopic (exact) mass is 168 g/mol. The molecule has 1 aliphatic carbocycles. The fourth-order valence-corrected chi connectivity index (χ4v) is 2.33. The third-order valence-electron chi connectivity index (χ3n) is 3.27. The van der Waals surface area contributed by atoms with Crippen LogP contribution in [0.25, 0.3) is 0 Å². The van der Waals surface area contributed by atoms with E-state index in [1.54, 1.807) is 12.8 Å². The zero-order valence-corrected chi connectivity index (χ0v) is 8.81. The zero-order valence-electron chi connectivity index (χ0n) is 8.81. The van der Waals surface area contributed by atoms with Crippen molar-refractivity contribution in [2.45, 2.75) is 65.2 Å². The number of unbranched alkanes of at least 4 members (excludes halogenated alkanes) is 2. The van der Waals surface area contributed by atoms with E-state index >= 15 is 0 Å². The molecule has 0 aromatic carbocycles. The summed E-state index contributed by atoms with van der Waals surface area (Å²) in [5, 5.41) is 0. The Labute approximate surface area is 77.7 Å². The lowest BCUT2D eigenvalue weighted by Crippen LogP contribution is -2.23. The lowest BCUT2D eigenvalue weighted by molar-refractivity contribution is 0.165. The van der Waals surface area contributed by atoms with Crippen molar-refractivity contribution in [1.29, 1.82) is 0 Å². The van der Waals surface area contributed by atoms with E-state index in [9.17, 15) is 0 Å². The average Bonchev–Trinajstić information content (AvgIpc) is 2.01. The second kappa shape index (κ2) is 5.61. The molecule has 1 aliphatic rings. The first-order valence-electron chi connectivity index (χ1n) is 5.86. The van der Waals surface area contributed by atoms with Crippen molar-refractivity contribution < 1.29 is 0 Å². The van der Waals surface area contributed by atoms with Gasteiger partial charge in [-0.3, -0.25) is 0 Å². The first-order valence-corrected chi connectivity index (χ1v) is 5.86. The van der Waals surface area contributed by atoms with Gasteiger partial charge in [0, 0.05) is 0 Å². The SMILES string of the molecule is CCCCC1CC(CCCC)C1. The standard InChI is InChI=1S/C12H24/c1-3-5-7-11-9-12(10-11)8-6-4-2/h11-12H,3-10H2,1-2H3. The lowest BCUT2D eigenvalue weighted by Gasteiger charge is -2.35. The van der Waals surface area contributed by atoms with E-state index in [1.165, 1.54) is 38.5 Å². The highest BCUT2D eigenvalue weighted by atomic mass is 14.3. The van der Waals surface area contributed by atoms with Crippen LogP contribution in [0.1, 0.15) is 65.2 Å². The molecule has 1 fully saturated rings. The highest BCUT2D eigenvalue weighted by Crippen LogP contribution is 2.39. The third-order valence-corrected chi connectivity index (χ3v) is 3.27. The molecule has 0 aromatic heterocycles. The van der Waals surface area contributed by atoms with Gasteiger partial charge in [-0.15, -0.1) is 0 Å². The predicted octanol–water partition coefficient (Wildman–Crippen LogP) is 4.39. The Kier molecular flexibility index (Phi) is 4.72. The molecule has 0 atom stereocenters. The van der Waals surface area contributed by atoms with Gasteiger partial charge in [0.2, 0.25) is 0 Å². The second-order valence-corrected chi connectivity index (χ2v) is 4.49. The van der Waals surface area contributed by atoms with Crippen molar-refractivity contribution >= 4 is 0 Å². The summed E-state index contributed by atoms with van der Waals surface area (Å²) in [6, 6.07) is 0. The van der Waals surface area contributed by atoms with Crippen LogP contribution in [-0.2, 0) is 0 Å². The number of rotatable bonds is 6. The van der Waals surface area contributed by atoms with Gasteiger partial charge >= 0.3 is 0 Å². The number of hydrogen-bond donors (Lipinski definition) is 0. The molecule has 0 spiro atoms. The van der Waals surface area contributed by atoms with E-state index in [1.807, 2.05) is 0 Å². The first kappa shape index (κ1) is 10.1. The Hall–Kier alpha value is 0. The molecule has 1 saturated carbocycles. The summed E-state index contributed by atoms with van der Waals surface area (Å²) in [6.45, 7) is 4.60. The van der Waals surface area contributed by atoms with Crippen LogP contribution >= 0.6 is 0 Å². The van der Waals surface area contributed by atoms with Crippen LogP contribution in [0.3, 0.4) is 0 Å². The van der Waals surface area contributed by atoms with Crippen molar-refractivity contribution in [2.75, 3.05) is 0 Å². The summed E-state index contributed by atoms with van der Waals surface area (Å²) in [4.78, 5) is 0. The maximum Gasteiger partial charge on any atom is -0.0409 e. The molecule has 0 radical (unpaired) electrons. The quantitative estimate of drug-likeness (QED) is 0.551. The van der Waals surface area contributed by atoms with Crippen LogP contribution in [0.15, 0.2) is 0 Å². The minimum Gasteiger partial charge on any atom is -0.0654 e. The summed E-state index contributed by atoms with van der Waals surface area (Å²) in [5.74, 6) is 2.23. The summed E-state index contributed by atoms with van der Waals surface area (Å²) < 4.78 is 0. The van der Waals surface area contributed by atoms with Gasteiger partial charge in [-0.05, 0) is 24.7 Å². The van der Waals surface area contributed by atoms with Crippen LogP contribution in [0.5, 0.6) is 0 Å². The molecule has 0 saturated heterocycles. The molecule has 0 N–H and O–H groups in total. The zero-order chi connectivity index (χ0) is 8.81. The molecule has 0 unspecified atom stereocenters. The van der Waals surface area contributed by atoms with Crippen molar-refractivity contribution in [3.05, 3.63) is 0 Å². The molecule has 0 heterocycles. The fourth-order valence-electron chi connectivity index (χ4n) is 2.33. The van der Waals surface area contributed by atoms with E-state index in [-0.39, 0.29) is 0 Å². The maximum absolute atomic E-state index is 2.30. The van der Waals surface area contributed by atoms with Crippen molar-refractivity contribution in [1.82, 2.24) is 0 Å². The molecule has 0 aliphatic heterocycles. The second-order valence-electron chi connectivity index (χ2n) is 4.49. The van der Waals surface area contributed by atoms with Gasteiger partial charge in [0.05, 0.1) is 0 Å². The van der Waals surface area contributed by atoms with Gasteiger partial charge in [-0.1, -0.05) is 52.4 Å². The summed E-state index contributed by atoms with van der Waals surface area (Å²) in [7, 11) is 0. The van der Waals surface area contributed by atoms with Gasteiger partial charge in [0.25, 0.3) is 0 Å². The van der Waals surface area contributed by atoms with Crippen molar-refractivity contribution in [2.24, 2.45) is 11.8 Å². The third kappa shape index (κ3) is 3.16. The normalized spacial score (nSPS) is 28.5. The maximum atomic E-state index is 2.30. The molecule has 0 nitrogen and oxygen atoms in total. The summed E-state index contributed by atoms with van der Waals surface area (Å²) >= 11 is 0. The Bertz CT molecular complexity index is 88.6. The molecule has 1 rings (SSSR count). The first-order chi connectivity index (χ1) is 5.86. The Morgan fingerprint density at radius 1 is 0.833 bits per heavy atom. The van der Waals surface area contributed by atoms with Crippen molar-refractivity contribution in [3.8, 4) is 0 Å². The predicted molar refractivity (Wildman–Crippen MR) is 55.3 cm³/mol. The molecule has 0 amide bonds. The smallest absolute Gasteiger partial charge is 0.0409 e. The summed E-state index contributed by atoms with van der Waals surface area (Å²) in [6.07, 6.45) is 11.8. The van der Waals surface area contributed by atoms with Crippen LogP contribution in [-0.4, -0.2) is 0 Å². The topological polar surface area (TPSA) is 0 Å². The van der Waals surface area contributed by atoms with E-state index in [4.69, 9.17) is 0 Å². The average molecular weight is 168 g/mol. The van der Waals surface area contributed by atoms with Crippen LogP contribution in [0, 0.1) is 11.8 Å². The lowest BCUT2D eigenvalue weighted by atomic mass is 9.71. The molecule has 0 bridgehead atoms. The van der Waals surface area contributed by atoms with E-state index in [0.717, 1.165) is 11.8 Å². The molecular weight excluding hydrogens is 144 g/mol. The van der Waals surface area contributed by atoms with Crippen LogP contribution < -0.4 is 0 Å². The molecule has 72 valence electrons. The minimum absolute atomic E-state index is 1.12. The summed E-state index contributed by atoms with van der Waals surface area (Å²) in [5.41, 5.74) is 0. The van der Waals surface area contributed by atoms with Gasteiger partial charge < -0.3 is 0 Å². The van der Waals surface area contributed by atoms with Crippen molar-refractivity contribution in [3.63, 3.8) is 0 Å². The minimum atomic E-state index is 1.12. The molecule has 12 heavy (non-hydrogen) atoms. The van der Waals surface area contributed by atoms with E-state index in [0.29, 0.717) is 0 Å². The van der Waals surface area contributed by atoms with Gasteiger partial charge in [-0.2, -0.15) is 0 Å². The Balaban J connectivity index is 1.89.